The van der Waals surface area contributed by atoms with Gasteiger partial charge >= 0.3 is 0 Å². The molecule has 6 rings (SSSR count). The normalized spacial score (nSPS) is 14.8. The molecule has 40 heavy (non-hydrogen) atoms. The SMILES string of the molecule is O=C(/C=C/c1cccc(F)c1)N1N=C(c2ccncc2)OC1c1cn(-c2ccccc2)nc1-c1ccc(F)cc1. The van der Waals surface area contributed by atoms with Crippen molar-refractivity contribution in [3.8, 4) is 16.9 Å². The van der Waals surface area contributed by atoms with Crippen molar-refractivity contribution >= 4 is 17.9 Å². The van der Waals surface area contributed by atoms with Crippen molar-refractivity contribution in [2.24, 2.45) is 5.10 Å². The number of nitrogens with zero attached hydrogens (tertiary/aromatic N) is 5. The van der Waals surface area contributed by atoms with Gasteiger partial charge in [0.15, 0.2) is 0 Å². The molecule has 3 aromatic carbocycles. The van der Waals surface area contributed by atoms with Gasteiger partial charge in [-0.05, 0) is 72.3 Å². The molecule has 196 valence electrons. The van der Waals surface area contributed by atoms with Gasteiger partial charge in [0, 0.05) is 35.8 Å². The highest BCUT2D eigenvalue weighted by Gasteiger charge is 2.37. The van der Waals surface area contributed by atoms with Gasteiger partial charge in [0.2, 0.25) is 12.1 Å². The number of benzene rings is 3. The average Bonchev–Trinajstić information content (AvgIpc) is 3.63. The highest BCUT2D eigenvalue weighted by atomic mass is 19.1. The van der Waals surface area contributed by atoms with Crippen molar-refractivity contribution in [2.45, 2.75) is 6.23 Å². The molecule has 0 saturated carbocycles. The molecule has 0 fully saturated rings. The van der Waals surface area contributed by atoms with E-state index in [1.54, 1.807) is 59.7 Å². The van der Waals surface area contributed by atoms with Gasteiger partial charge in [0.05, 0.1) is 11.3 Å². The Labute approximate surface area is 228 Å². The molecule has 7 nitrogen and oxygen atoms in total. The predicted octanol–water partition coefficient (Wildman–Crippen LogP) is 6.15. The van der Waals surface area contributed by atoms with Crippen LogP contribution in [0.5, 0.6) is 0 Å². The second-order valence-electron chi connectivity index (χ2n) is 8.90. The Morgan fingerprint density at radius 3 is 2.38 bits per heavy atom. The van der Waals surface area contributed by atoms with Crippen molar-refractivity contribution in [3.63, 3.8) is 0 Å². The van der Waals surface area contributed by atoms with Crippen LogP contribution in [-0.2, 0) is 9.53 Å². The molecule has 1 unspecified atom stereocenters. The van der Waals surface area contributed by atoms with Crippen LogP contribution in [0.25, 0.3) is 23.0 Å². The number of hydrogen-bond acceptors (Lipinski definition) is 5. The lowest BCUT2D eigenvalue weighted by Crippen LogP contribution is -2.26. The third-order valence-electron chi connectivity index (χ3n) is 6.21. The number of hydrazone groups is 1. The van der Waals surface area contributed by atoms with Crippen molar-refractivity contribution in [1.29, 1.82) is 0 Å². The summed E-state index contributed by atoms with van der Waals surface area (Å²) in [7, 11) is 0. The smallest absolute Gasteiger partial charge is 0.270 e. The molecule has 9 heteroatoms. The fourth-order valence-corrected chi connectivity index (χ4v) is 4.28. The number of aromatic nitrogens is 3. The molecule has 1 aliphatic heterocycles. The monoisotopic (exact) mass is 533 g/mol. The van der Waals surface area contributed by atoms with E-state index in [1.165, 1.54) is 41.4 Å². The van der Waals surface area contributed by atoms with Gasteiger partial charge < -0.3 is 4.74 Å². The summed E-state index contributed by atoms with van der Waals surface area (Å²) in [5.74, 6) is -1.06. The molecule has 0 aliphatic carbocycles. The van der Waals surface area contributed by atoms with Crippen LogP contribution in [0.1, 0.15) is 22.9 Å². The topological polar surface area (TPSA) is 72.6 Å². The molecule has 0 bridgehead atoms. The van der Waals surface area contributed by atoms with E-state index >= 15 is 0 Å². The molecule has 0 N–H and O–H groups in total. The van der Waals surface area contributed by atoms with Gasteiger partial charge in [-0.2, -0.15) is 10.1 Å². The van der Waals surface area contributed by atoms with E-state index in [9.17, 15) is 13.6 Å². The number of ether oxygens (including phenoxy) is 1. The lowest BCUT2D eigenvalue weighted by atomic mass is 10.1. The van der Waals surface area contributed by atoms with Crippen molar-refractivity contribution in [3.05, 3.63) is 144 Å². The first-order valence-corrected chi connectivity index (χ1v) is 12.4. The second kappa shape index (κ2) is 10.7. The average molecular weight is 534 g/mol. The molecule has 0 spiro atoms. The van der Waals surface area contributed by atoms with Crippen LogP contribution in [0.3, 0.4) is 0 Å². The van der Waals surface area contributed by atoms with Gasteiger partial charge in [-0.1, -0.05) is 30.3 Å². The van der Waals surface area contributed by atoms with Crippen LogP contribution in [0.4, 0.5) is 8.78 Å². The fraction of sp³-hybridized carbons (Fsp3) is 0.0323. The highest BCUT2D eigenvalue weighted by Crippen LogP contribution is 2.37. The van der Waals surface area contributed by atoms with Crippen LogP contribution in [-0.4, -0.2) is 31.6 Å². The molecular formula is C31H21F2N5O2. The van der Waals surface area contributed by atoms with Gasteiger partial charge in [-0.25, -0.2) is 13.5 Å². The van der Waals surface area contributed by atoms with Crippen LogP contribution >= 0.6 is 0 Å². The summed E-state index contributed by atoms with van der Waals surface area (Å²) >= 11 is 0. The first-order valence-electron chi connectivity index (χ1n) is 12.4. The molecule has 1 aliphatic rings. The van der Waals surface area contributed by atoms with E-state index < -0.39 is 18.0 Å². The van der Waals surface area contributed by atoms with Gasteiger partial charge in [0.1, 0.15) is 17.3 Å². The first kappa shape index (κ1) is 24.9. The largest absolute Gasteiger partial charge is 0.445 e. The van der Waals surface area contributed by atoms with E-state index in [4.69, 9.17) is 9.84 Å². The predicted molar refractivity (Wildman–Crippen MR) is 146 cm³/mol. The summed E-state index contributed by atoms with van der Waals surface area (Å²) in [6.07, 6.45) is 6.79. The lowest BCUT2D eigenvalue weighted by Gasteiger charge is -2.19. The molecule has 1 atom stereocenters. The van der Waals surface area contributed by atoms with Crippen LogP contribution in [0.2, 0.25) is 0 Å². The van der Waals surface area contributed by atoms with E-state index in [0.717, 1.165) is 5.69 Å². The number of rotatable bonds is 6. The first-order chi connectivity index (χ1) is 19.5. The number of carbonyl (C=O) groups excluding carboxylic acids is 1. The number of hydrogen-bond donors (Lipinski definition) is 0. The van der Waals surface area contributed by atoms with Crippen LogP contribution < -0.4 is 0 Å². The molecule has 5 aromatic rings. The van der Waals surface area contributed by atoms with Crippen molar-refractivity contribution < 1.29 is 18.3 Å². The molecule has 2 aromatic heterocycles. The van der Waals surface area contributed by atoms with Gasteiger partial charge in [-0.15, -0.1) is 5.10 Å². The van der Waals surface area contributed by atoms with E-state index in [2.05, 4.69) is 10.1 Å². The maximum Gasteiger partial charge on any atom is 0.270 e. The van der Waals surface area contributed by atoms with Crippen molar-refractivity contribution in [1.82, 2.24) is 19.8 Å². The van der Waals surface area contributed by atoms with Gasteiger partial charge in [-0.3, -0.25) is 9.78 Å². The van der Waals surface area contributed by atoms with Crippen LogP contribution in [0, 0.1) is 11.6 Å². The summed E-state index contributed by atoms with van der Waals surface area (Å²) in [6, 6.07) is 24.7. The third-order valence-corrected chi connectivity index (χ3v) is 6.21. The quantitative estimate of drug-likeness (QED) is 0.246. The van der Waals surface area contributed by atoms with Crippen molar-refractivity contribution in [2.75, 3.05) is 0 Å². The minimum atomic E-state index is -0.995. The Hall–Kier alpha value is -5.44. The zero-order chi connectivity index (χ0) is 27.5. The zero-order valence-electron chi connectivity index (χ0n) is 20.9. The maximum atomic E-state index is 13.8. The summed E-state index contributed by atoms with van der Waals surface area (Å²) in [6.45, 7) is 0. The van der Waals surface area contributed by atoms with Crippen LogP contribution in [0.15, 0.2) is 121 Å². The maximum absolute atomic E-state index is 13.8. The fourth-order valence-electron chi connectivity index (χ4n) is 4.28. The van der Waals surface area contributed by atoms with E-state index in [0.29, 0.717) is 27.9 Å². The Kier molecular flexibility index (Phi) is 6.68. The molecular weight excluding hydrogens is 512 g/mol. The minimum absolute atomic E-state index is 0.220. The second-order valence-corrected chi connectivity index (χ2v) is 8.90. The molecule has 1 amide bonds. The number of carbonyl (C=O) groups is 1. The molecule has 3 heterocycles. The van der Waals surface area contributed by atoms with E-state index in [-0.39, 0.29) is 11.7 Å². The number of amides is 1. The summed E-state index contributed by atoms with van der Waals surface area (Å²) in [5, 5.41) is 10.5. The van der Waals surface area contributed by atoms with E-state index in [1.807, 2.05) is 30.3 Å². The Morgan fingerprint density at radius 1 is 0.850 bits per heavy atom. The Balaban J connectivity index is 1.44. The highest BCUT2D eigenvalue weighted by molar-refractivity contribution is 5.99. The Bertz CT molecular complexity index is 1720. The molecule has 0 saturated heterocycles. The number of halogens is 2. The standard InChI is InChI=1S/C31H21F2N5O2/c32-24-12-10-22(11-13-24)29-27(20-37(35-29)26-7-2-1-3-8-26)31-38(36-30(40-31)23-15-17-34-18-16-23)28(39)14-9-21-5-4-6-25(33)19-21/h1-20,31H/b14-9+. The summed E-state index contributed by atoms with van der Waals surface area (Å²) in [5.41, 5.74) is 3.60. The summed E-state index contributed by atoms with van der Waals surface area (Å²) < 4.78 is 35.4. The molecule has 0 radical (unpaired) electrons. The minimum Gasteiger partial charge on any atom is -0.445 e. The Morgan fingerprint density at radius 2 is 1.62 bits per heavy atom. The number of pyridine rings is 1. The summed E-state index contributed by atoms with van der Waals surface area (Å²) in [4.78, 5) is 17.5. The lowest BCUT2D eigenvalue weighted by molar-refractivity contribution is -0.132. The zero-order valence-corrected chi connectivity index (χ0v) is 20.9. The van der Waals surface area contributed by atoms with Gasteiger partial charge in [0.25, 0.3) is 5.91 Å². The third kappa shape index (κ3) is 5.12. The number of para-hydroxylation sites is 1.